The molecule has 0 aliphatic carbocycles. The van der Waals surface area contributed by atoms with Gasteiger partial charge in [-0.15, -0.1) is 0 Å². The Kier molecular flexibility index (Phi) is 4.04. The third-order valence-electron chi connectivity index (χ3n) is 2.66. The van der Waals surface area contributed by atoms with Gasteiger partial charge in [-0.2, -0.15) is 0 Å². The van der Waals surface area contributed by atoms with Crippen molar-refractivity contribution < 1.29 is 4.79 Å². The molecule has 0 amide bonds. The van der Waals surface area contributed by atoms with Crippen LogP contribution in [0.1, 0.15) is 42.6 Å². The second-order valence-electron chi connectivity index (χ2n) is 4.28. The summed E-state index contributed by atoms with van der Waals surface area (Å²) in [6.07, 6.45) is 0. The summed E-state index contributed by atoms with van der Waals surface area (Å²) in [4.78, 5) is 11.8. The topological polar surface area (TPSA) is 43.1 Å². The normalized spacial score (nSPS) is 12.9. The Balaban J connectivity index is 2.84. The van der Waals surface area contributed by atoms with Gasteiger partial charge in [0.1, 0.15) is 0 Å². The third kappa shape index (κ3) is 2.90. The number of rotatable bonds is 4. The van der Waals surface area contributed by atoms with Crippen molar-refractivity contribution in [1.82, 2.24) is 0 Å². The summed E-state index contributed by atoms with van der Waals surface area (Å²) in [5, 5.41) is 0. The van der Waals surface area contributed by atoms with Crippen LogP contribution in [0.15, 0.2) is 24.3 Å². The lowest BCUT2D eigenvalue weighted by molar-refractivity contribution is 0.0934. The average molecular weight is 205 g/mol. The maximum Gasteiger partial charge on any atom is 0.166 e. The lowest BCUT2D eigenvalue weighted by Gasteiger charge is -2.09. The van der Waals surface area contributed by atoms with Gasteiger partial charge in [0.2, 0.25) is 0 Å². The Morgan fingerprint density at radius 3 is 2.13 bits per heavy atom. The van der Waals surface area contributed by atoms with Gasteiger partial charge < -0.3 is 5.73 Å². The number of Topliss-reactive ketones (excluding diaryl/α,β-unsaturated/α-hetero) is 1. The summed E-state index contributed by atoms with van der Waals surface area (Å²) in [6.45, 7) is 6.54. The van der Waals surface area contributed by atoms with Gasteiger partial charge in [-0.05, 0) is 11.5 Å². The minimum Gasteiger partial charge on any atom is -0.330 e. The Morgan fingerprint density at radius 2 is 1.73 bits per heavy atom. The van der Waals surface area contributed by atoms with E-state index in [1.54, 1.807) is 0 Å². The molecule has 1 atom stereocenters. The maximum absolute atomic E-state index is 11.8. The molecular formula is C13H19NO. The van der Waals surface area contributed by atoms with E-state index in [0.717, 1.165) is 5.56 Å². The van der Waals surface area contributed by atoms with E-state index in [0.29, 0.717) is 12.5 Å². The van der Waals surface area contributed by atoms with Crippen molar-refractivity contribution >= 4 is 5.78 Å². The number of hydrogen-bond donors (Lipinski definition) is 1. The number of hydrogen-bond acceptors (Lipinski definition) is 2. The molecule has 2 heteroatoms. The molecular weight excluding hydrogens is 186 g/mol. The van der Waals surface area contributed by atoms with Crippen LogP contribution >= 0.6 is 0 Å². The van der Waals surface area contributed by atoms with Gasteiger partial charge in [0.15, 0.2) is 5.78 Å². The van der Waals surface area contributed by atoms with Crippen LogP contribution in [0.2, 0.25) is 0 Å². The Labute approximate surface area is 91.5 Å². The largest absolute Gasteiger partial charge is 0.330 e. The van der Waals surface area contributed by atoms with E-state index >= 15 is 0 Å². The van der Waals surface area contributed by atoms with Crippen LogP contribution in [-0.2, 0) is 0 Å². The van der Waals surface area contributed by atoms with E-state index in [2.05, 4.69) is 13.8 Å². The number of carbonyl (C=O) groups is 1. The highest BCUT2D eigenvalue weighted by atomic mass is 16.1. The molecule has 0 aliphatic rings. The number of nitrogens with two attached hydrogens (primary N) is 1. The Bertz CT molecular complexity index is 327. The van der Waals surface area contributed by atoms with Gasteiger partial charge in [-0.3, -0.25) is 4.79 Å². The number of ketones is 1. The third-order valence-corrected chi connectivity index (χ3v) is 2.66. The first-order valence-electron chi connectivity index (χ1n) is 5.40. The predicted molar refractivity (Wildman–Crippen MR) is 63.1 cm³/mol. The van der Waals surface area contributed by atoms with Crippen molar-refractivity contribution in [3.63, 3.8) is 0 Å². The average Bonchev–Trinajstić information content (AvgIpc) is 2.27. The second kappa shape index (κ2) is 5.08. The minimum atomic E-state index is -0.0881. The molecule has 1 unspecified atom stereocenters. The first-order valence-corrected chi connectivity index (χ1v) is 5.40. The highest BCUT2D eigenvalue weighted by Crippen LogP contribution is 2.16. The Hall–Kier alpha value is -1.15. The standard InChI is InChI=1S/C13H19NO/c1-9(2)11-4-6-12(7-5-11)13(15)10(3)8-14/h4-7,9-10H,8,14H2,1-3H3. The fourth-order valence-electron chi connectivity index (χ4n) is 1.42. The molecule has 0 aromatic heterocycles. The molecule has 0 spiro atoms. The summed E-state index contributed by atoms with van der Waals surface area (Å²) < 4.78 is 0. The van der Waals surface area contributed by atoms with Crippen LogP contribution in [0.3, 0.4) is 0 Å². The summed E-state index contributed by atoms with van der Waals surface area (Å²) >= 11 is 0. The van der Waals surface area contributed by atoms with Gasteiger partial charge in [-0.1, -0.05) is 45.0 Å². The summed E-state index contributed by atoms with van der Waals surface area (Å²) in [5.74, 6) is 0.545. The summed E-state index contributed by atoms with van der Waals surface area (Å²) in [7, 11) is 0. The first kappa shape index (κ1) is 11.9. The fraction of sp³-hybridized carbons (Fsp3) is 0.462. The number of carbonyl (C=O) groups excluding carboxylic acids is 1. The molecule has 0 bridgehead atoms. The lowest BCUT2D eigenvalue weighted by atomic mass is 9.96. The second-order valence-corrected chi connectivity index (χ2v) is 4.28. The highest BCUT2D eigenvalue weighted by Gasteiger charge is 2.13. The van der Waals surface area contributed by atoms with Crippen LogP contribution in [0.5, 0.6) is 0 Å². The molecule has 0 heterocycles. The highest BCUT2D eigenvalue weighted by molar-refractivity contribution is 5.97. The van der Waals surface area contributed by atoms with Crippen molar-refractivity contribution in [2.45, 2.75) is 26.7 Å². The van der Waals surface area contributed by atoms with Crippen molar-refractivity contribution in [3.05, 3.63) is 35.4 Å². The summed E-state index contributed by atoms with van der Waals surface area (Å²) in [5.41, 5.74) is 7.49. The molecule has 1 rings (SSSR count). The zero-order valence-electron chi connectivity index (χ0n) is 9.66. The van der Waals surface area contributed by atoms with Crippen molar-refractivity contribution in [2.75, 3.05) is 6.54 Å². The van der Waals surface area contributed by atoms with Gasteiger partial charge in [0.25, 0.3) is 0 Å². The van der Waals surface area contributed by atoms with Crippen molar-refractivity contribution in [3.8, 4) is 0 Å². The van der Waals surface area contributed by atoms with Crippen molar-refractivity contribution in [2.24, 2.45) is 11.7 Å². The van der Waals surface area contributed by atoms with E-state index in [9.17, 15) is 4.79 Å². The van der Waals surface area contributed by atoms with E-state index < -0.39 is 0 Å². The molecule has 0 saturated carbocycles. The molecule has 0 fully saturated rings. The Morgan fingerprint density at radius 1 is 1.20 bits per heavy atom. The number of benzene rings is 1. The van der Waals surface area contributed by atoms with Crippen LogP contribution in [0.4, 0.5) is 0 Å². The van der Waals surface area contributed by atoms with E-state index in [1.807, 2.05) is 31.2 Å². The molecule has 0 aliphatic heterocycles. The molecule has 0 saturated heterocycles. The maximum atomic E-state index is 11.8. The predicted octanol–water partition coefficient (Wildman–Crippen LogP) is 2.59. The van der Waals surface area contributed by atoms with Crippen LogP contribution in [-0.4, -0.2) is 12.3 Å². The smallest absolute Gasteiger partial charge is 0.166 e. The van der Waals surface area contributed by atoms with E-state index in [4.69, 9.17) is 5.73 Å². The molecule has 1 aromatic rings. The van der Waals surface area contributed by atoms with E-state index in [-0.39, 0.29) is 11.7 Å². The van der Waals surface area contributed by atoms with E-state index in [1.165, 1.54) is 5.56 Å². The van der Waals surface area contributed by atoms with Crippen LogP contribution < -0.4 is 5.73 Å². The SMILES string of the molecule is CC(CN)C(=O)c1ccc(C(C)C)cc1. The zero-order chi connectivity index (χ0) is 11.4. The molecule has 0 radical (unpaired) electrons. The van der Waals surface area contributed by atoms with Gasteiger partial charge in [0.05, 0.1) is 0 Å². The molecule has 1 aromatic carbocycles. The van der Waals surface area contributed by atoms with Crippen molar-refractivity contribution in [1.29, 1.82) is 0 Å². The fourth-order valence-corrected chi connectivity index (χ4v) is 1.42. The first-order chi connectivity index (χ1) is 7.06. The van der Waals surface area contributed by atoms with Crippen LogP contribution in [0, 0.1) is 5.92 Å². The molecule has 2 N–H and O–H groups in total. The van der Waals surface area contributed by atoms with Gasteiger partial charge in [-0.25, -0.2) is 0 Å². The monoisotopic (exact) mass is 205 g/mol. The zero-order valence-corrected chi connectivity index (χ0v) is 9.66. The summed E-state index contributed by atoms with van der Waals surface area (Å²) in [6, 6.07) is 7.82. The lowest BCUT2D eigenvalue weighted by Crippen LogP contribution is -2.20. The molecule has 15 heavy (non-hydrogen) atoms. The quantitative estimate of drug-likeness (QED) is 0.768. The van der Waals surface area contributed by atoms with Gasteiger partial charge in [0, 0.05) is 18.0 Å². The van der Waals surface area contributed by atoms with Crippen LogP contribution in [0.25, 0.3) is 0 Å². The molecule has 82 valence electrons. The minimum absolute atomic E-state index is 0.0881. The van der Waals surface area contributed by atoms with Gasteiger partial charge >= 0.3 is 0 Å². The molecule has 2 nitrogen and oxygen atoms in total.